The number of anilines is 4. The molecule has 3 aromatic rings. The van der Waals surface area contributed by atoms with Crippen molar-refractivity contribution < 1.29 is 4.39 Å². The highest BCUT2D eigenvalue weighted by Gasteiger charge is 2.10. The van der Waals surface area contributed by atoms with Gasteiger partial charge in [-0.05, 0) is 42.3 Å². The number of nitrogen functional groups attached to an aromatic ring is 1. The van der Waals surface area contributed by atoms with Crippen LogP contribution in [0.4, 0.5) is 27.4 Å². The number of benzene rings is 2. The van der Waals surface area contributed by atoms with Crippen molar-refractivity contribution in [1.82, 2.24) is 9.97 Å². The minimum absolute atomic E-state index is 0.270. The summed E-state index contributed by atoms with van der Waals surface area (Å²) in [7, 11) is 0. The van der Waals surface area contributed by atoms with E-state index in [-0.39, 0.29) is 5.82 Å². The maximum Gasteiger partial charge on any atom is 0.159 e. The van der Waals surface area contributed by atoms with Crippen LogP contribution < -0.4 is 16.4 Å². The zero-order valence-corrected chi connectivity index (χ0v) is 14.3. The van der Waals surface area contributed by atoms with E-state index in [1.54, 1.807) is 12.1 Å². The molecule has 0 spiro atoms. The monoisotopic (exact) mass is 357 g/mol. The summed E-state index contributed by atoms with van der Waals surface area (Å²) in [5.74, 6) is 0.720. The highest BCUT2D eigenvalue weighted by atomic mass is 35.5. The predicted molar refractivity (Wildman–Crippen MR) is 99.6 cm³/mol. The fourth-order valence-electron chi connectivity index (χ4n) is 2.29. The summed E-state index contributed by atoms with van der Waals surface area (Å²) in [6, 6.07) is 11.8. The first-order valence-electron chi connectivity index (χ1n) is 7.65. The van der Waals surface area contributed by atoms with Crippen LogP contribution in [0.5, 0.6) is 0 Å². The van der Waals surface area contributed by atoms with E-state index in [1.165, 1.54) is 18.5 Å². The van der Waals surface area contributed by atoms with Gasteiger partial charge in [0.15, 0.2) is 11.6 Å². The van der Waals surface area contributed by atoms with Gasteiger partial charge >= 0.3 is 0 Å². The summed E-state index contributed by atoms with van der Waals surface area (Å²) >= 11 is 6.14. The maximum absolute atomic E-state index is 13.0. The number of nitrogens with one attached hydrogen (secondary N) is 2. The predicted octanol–water partition coefficient (Wildman–Crippen LogP) is 4.52. The highest BCUT2D eigenvalue weighted by Crippen LogP contribution is 2.30. The molecule has 3 rings (SSSR count). The van der Waals surface area contributed by atoms with E-state index in [2.05, 4.69) is 20.6 Å². The van der Waals surface area contributed by atoms with Crippen LogP contribution in [0.25, 0.3) is 0 Å². The number of hydrogen-bond acceptors (Lipinski definition) is 5. The lowest BCUT2D eigenvalue weighted by Crippen LogP contribution is -2.08. The third-order valence-corrected chi connectivity index (χ3v) is 4.19. The summed E-state index contributed by atoms with van der Waals surface area (Å²) in [6.07, 6.45) is 1.42. The fourth-order valence-corrected chi connectivity index (χ4v) is 2.47. The quantitative estimate of drug-likeness (QED) is 0.626. The molecule has 0 atom stereocenters. The van der Waals surface area contributed by atoms with Crippen LogP contribution in [0.15, 0.2) is 48.8 Å². The van der Waals surface area contributed by atoms with E-state index in [0.29, 0.717) is 28.9 Å². The van der Waals surface area contributed by atoms with Gasteiger partial charge in [-0.2, -0.15) is 0 Å². The molecule has 0 saturated heterocycles. The van der Waals surface area contributed by atoms with Gasteiger partial charge < -0.3 is 16.4 Å². The first-order chi connectivity index (χ1) is 12.0. The van der Waals surface area contributed by atoms with Gasteiger partial charge in [0.25, 0.3) is 0 Å². The molecule has 1 heterocycles. The average Bonchev–Trinajstić information content (AvgIpc) is 2.61. The molecule has 0 aliphatic carbocycles. The molecule has 2 aromatic carbocycles. The zero-order valence-electron chi connectivity index (χ0n) is 13.6. The molecule has 4 N–H and O–H groups in total. The van der Waals surface area contributed by atoms with E-state index in [0.717, 1.165) is 16.8 Å². The highest BCUT2D eigenvalue weighted by molar-refractivity contribution is 6.31. The largest absolute Gasteiger partial charge is 0.393 e. The van der Waals surface area contributed by atoms with Crippen molar-refractivity contribution >= 4 is 34.6 Å². The molecule has 0 fully saturated rings. The van der Waals surface area contributed by atoms with Gasteiger partial charge in [-0.1, -0.05) is 29.8 Å². The third-order valence-electron chi connectivity index (χ3n) is 3.78. The first kappa shape index (κ1) is 17.0. The van der Waals surface area contributed by atoms with Crippen LogP contribution in [-0.2, 0) is 6.54 Å². The minimum Gasteiger partial charge on any atom is -0.393 e. The normalized spacial score (nSPS) is 10.5. The van der Waals surface area contributed by atoms with Crippen LogP contribution in [-0.4, -0.2) is 9.97 Å². The lowest BCUT2D eigenvalue weighted by molar-refractivity contribution is 0.627. The van der Waals surface area contributed by atoms with Gasteiger partial charge in [-0.25, -0.2) is 14.4 Å². The van der Waals surface area contributed by atoms with Gasteiger partial charge in [0.1, 0.15) is 17.8 Å². The molecular formula is C18H17ClFN5. The van der Waals surface area contributed by atoms with Gasteiger partial charge in [-0.3, -0.25) is 0 Å². The molecule has 1 aromatic heterocycles. The summed E-state index contributed by atoms with van der Waals surface area (Å²) in [6.45, 7) is 2.38. The van der Waals surface area contributed by atoms with Crippen LogP contribution in [0.1, 0.15) is 11.1 Å². The number of nitrogens with two attached hydrogens (primary N) is 1. The molecule has 0 radical (unpaired) electrons. The summed E-state index contributed by atoms with van der Waals surface area (Å²) in [5, 5.41) is 6.97. The molecule has 0 saturated carbocycles. The number of rotatable bonds is 5. The Hall–Kier alpha value is -2.86. The van der Waals surface area contributed by atoms with Gasteiger partial charge in [0, 0.05) is 17.3 Å². The molecule has 7 heteroatoms. The topological polar surface area (TPSA) is 75.9 Å². The van der Waals surface area contributed by atoms with E-state index in [9.17, 15) is 4.39 Å². The third kappa shape index (κ3) is 3.97. The smallest absolute Gasteiger partial charge is 0.159 e. The minimum atomic E-state index is -0.270. The Morgan fingerprint density at radius 2 is 1.80 bits per heavy atom. The second kappa shape index (κ2) is 7.36. The first-order valence-corrected chi connectivity index (χ1v) is 8.03. The SMILES string of the molecule is Cc1c(Cl)cccc1Nc1ncnc(NCc2ccc(F)cc2)c1N. The number of halogens is 2. The number of hydrogen-bond donors (Lipinski definition) is 3. The fraction of sp³-hybridized carbons (Fsp3) is 0.111. The number of aromatic nitrogens is 2. The lowest BCUT2D eigenvalue weighted by atomic mass is 10.2. The Bertz CT molecular complexity index is 883. The number of nitrogens with zero attached hydrogens (tertiary/aromatic N) is 2. The summed E-state index contributed by atoms with van der Waals surface area (Å²) < 4.78 is 13.0. The molecule has 128 valence electrons. The Labute approximate surface area is 150 Å². The van der Waals surface area contributed by atoms with Gasteiger partial charge in [-0.15, -0.1) is 0 Å². The molecule has 0 aliphatic heterocycles. The van der Waals surface area contributed by atoms with Crippen molar-refractivity contribution in [2.75, 3.05) is 16.4 Å². The molecular weight excluding hydrogens is 341 g/mol. The van der Waals surface area contributed by atoms with Crippen molar-refractivity contribution in [3.05, 3.63) is 70.8 Å². The lowest BCUT2D eigenvalue weighted by Gasteiger charge is -2.14. The van der Waals surface area contributed by atoms with Gasteiger partial charge in [0.05, 0.1) is 0 Å². The molecule has 0 bridgehead atoms. The van der Waals surface area contributed by atoms with Crippen molar-refractivity contribution in [1.29, 1.82) is 0 Å². The Kier molecular flexibility index (Phi) is 5.00. The van der Waals surface area contributed by atoms with E-state index < -0.39 is 0 Å². The van der Waals surface area contributed by atoms with E-state index in [4.69, 9.17) is 17.3 Å². The van der Waals surface area contributed by atoms with Crippen molar-refractivity contribution in [2.24, 2.45) is 0 Å². The van der Waals surface area contributed by atoms with Crippen LogP contribution >= 0.6 is 11.6 Å². The summed E-state index contributed by atoms with van der Waals surface area (Å²) in [5.41, 5.74) is 9.20. The Morgan fingerprint density at radius 1 is 1.08 bits per heavy atom. The maximum atomic E-state index is 13.0. The average molecular weight is 358 g/mol. The molecule has 25 heavy (non-hydrogen) atoms. The molecule has 5 nitrogen and oxygen atoms in total. The standard InChI is InChI=1S/C18H17ClFN5/c1-11-14(19)3-2-4-15(11)25-18-16(21)17(23-10-24-18)22-9-12-5-7-13(20)8-6-12/h2-8,10H,9,21H2,1H3,(H2,22,23,24,25). The molecule has 0 amide bonds. The van der Waals surface area contributed by atoms with E-state index >= 15 is 0 Å². The van der Waals surface area contributed by atoms with E-state index in [1.807, 2.05) is 25.1 Å². The Morgan fingerprint density at radius 3 is 2.56 bits per heavy atom. The van der Waals surface area contributed by atoms with Crippen LogP contribution in [0.3, 0.4) is 0 Å². The Balaban J connectivity index is 1.77. The van der Waals surface area contributed by atoms with Gasteiger partial charge in [0.2, 0.25) is 0 Å². The van der Waals surface area contributed by atoms with Crippen molar-refractivity contribution in [3.8, 4) is 0 Å². The molecule has 0 aliphatic rings. The van der Waals surface area contributed by atoms with Crippen molar-refractivity contribution in [2.45, 2.75) is 13.5 Å². The zero-order chi connectivity index (χ0) is 17.8. The second-order valence-corrected chi connectivity index (χ2v) is 5.91. The summed E-state index contributed by atoms with van der Waals surface area (Å²) in [4.78, 5) is 8.36. The molecule has 0 unspecified atom stereocenters. The van der Waals surface area contributed by atoms with Crippen LogP contribution in [0, 0.1) is 12.7 Å². The second-order valence-electron chi connectivity index (χ2n) is 5.50. The van der Waals surface area contributed by atoms with Crippen molar-refractivity contribution in [3.63, 3.8) is 0 Å². The van der Waals surface area contributed by atoms with Crippen LogP contribution in [0.2, 0.25) is 5.02 Å².